The summed E-state index contributed by atoms with van der Waals surface area (Å²) in [5.41, 5.74) is 1.50. The number of benzene rings is 1. The molecule has 0 atom stereocenters. The first-order chi connectivity index (χ1) is 10.5. The predicted octanol–water partition coefficient (Wildman–Crippen LogP) is 4.05. The van der Waals surface area contributed by atoms with Crippen LogP contribution in [0.3, 0.4) is 0 Å². The zero-order valence-corrected chi connectivity index (χ0v) is 15.1. The van der Waals surface area contributed by atoms with Gasteiger partial charge in [0.25, 0.3) is 10.1 Å². The minimum Gasteiger partial charge on any atom is -0.282 e. The van der Waals surface area contributed by atoms with Gasteiger partial charge >= 0.3 is 0 Å². The molecule has 0 aliphatic rings. The third kappa shape index (κ3) is 3.39. The summed E-state index contributed by atoms with van der Waals surface area (Å²) in [5.74, 6) is -0.696. The Morgan fingerprint density at radius 3 is 1.26 bits per heavy atom. The molecule has 0 radical (unpaired) electrons. The third-order valence-electron chi connectivity index (χ3n) is 3.78. The highest BCUT2D eigenvalue weighted by atomic mass is 32.2. The van der Waals surface area contributed by atoms with E-state index in [0.717, 1.165) is 0 Å². The van der Waals surface area contributed by atoms with Gasteiger partial charge in [-0.1, -0.05) is 41.5 Å². The molecule has 5 nitrogen and oxygen atoms in total. The van der Waals surface area contributed by atoms with E-state index >= 15 is 0 Å². The second-order valence-corrected chi connectivity index (χ2v) is 7.84. The molecule has 1 N–H and O–H groups in total. The van der Waals surface area contributed by atoms with E-state index in [4.69, 9.17) is 0 Å². The molecule has 6 heteroatoms. The van der Waals surface area contributed by atoms with E-state index in [9.17, 15) is 23.5 Å². The third-order valence-corrected chi connectivity index (χ3v) is 4.74. The smallest absolute Gasteiger partial charge is 0.282 e. The monoisotopic (exact) mass is 334 g/mol. The van der Waals surface area contributed by atoms with E-state index in [1.807, 2.05) is 13.8 Å². The van der Waals surface area contributed by atoms with Gasteiger partial charge in [-0.2, -0.15) is 18.9 Å². The summed E-state index contributed by atoms with van der Waals surface area (Å²) in [7, 11) is -4.56. The topological polar surface area (TPSA) is 102 Å². The normalized spacial score (nSPS) is 11.8. The molecule has 0 unspecified atom stereocenters. The number of nitrogens with zero attached hydrogens (tertiary/aromatic N) is 2. The summed E-state index contributed by atoms with van der Waals surface area (Å²) < 4.78 is 33.8. The Labute approximate surface area is 138 Å². The Hall–Kier alpha value is -1.89. The van der Waals surface area contributed by atoms with Gasteiger partial charge in [-0.05, 0) is 34.4 Å². The molecule has 23 heavy (non-hydrogen) atoms. The first-order valence-corrected chi connectivity index (χ1v) is 8.94. The summed E-state index contributed by atoms with van der Waals surface area (Å²) in [4.78, 5) is -0.278. The van der Waals surface area contributed by atoms with Crippen LogP contribution in [0.4, 0.5) is 0 Å². The Morgan fingerprint density at radius 2 is 1.09 bits per heavy atom. The number of hydrogen-bond acceptors (Lipinski definition) is 4. The van der Waals surface area contributed by atoms with Crippen LogP contribution in [-0.4, -0.2) is 13.0 Å². The van der Waals surface area contributed by atoms with Crippen molar-refractivity contribution in [2.45, 2.75) is 64.2 Å². The maximum Gasteiger partial charge on any atom is 0.295 e. The molecule has 124 valence electrons. The highest BCUT2D eigenvalue weighted by molar-refractivity contribution is 7.86. The first kappa shape index (κ1) is 19.2. The van der Waals surface area contributed by atoms with Crippen molar-refractivity contribution in [3.8, 4) is 12.1 Å². The first-order valence-electron chi connectivity index (χ1n) is 7.50. The molecule has 0 aliphatic heterocycles. The lowest BCUT2D eigenvalue weighted by Gasteiger charge is -2.25. The van der Waals surface area contributed by atoms with E-state index < -0.39 is 10.1 Å². The fourth-order valence-corrected chi connectivity index (χ4v) is 4.22. The minimum atomic E-state index is -4.56. The molecule has 0 spiro atoms. The maximum atomic E-state index is 12.0. The van der Waals surface area contributed by atoms with Crippen LogP contribution in [0.1, 0.15) is 87.1 Å². The van der Waals surface area contributed by atoms with E-state index in [1.165, 1.54) is 0 Å². The number of rotatable bonds is 4. The van der Waals surface area contributed by atoms with Crippen molar-refractivity contribution in [3.63, 3.8) is 0 Å². The number of nitriles is 2. The fraction of sp³-hybridized carbons (Fsp3) is 0.529. The molecule has 1 rings (SSSR count). The second kappa shape index (κ2) is 6.70. The van der Waals surface area contributed by atoms with Crippen molar-refractivity contribution in [1.29, 1.82) is 10.5 Å². The summed E-state index contributed by atoms with van der Waals surface area (Å²) >= 11 is 0. The lowest BCUT2D eigenvalue weighted by atomic mass is 9.81. The lowest BCUT2D eigenvalue weighted by molar-refractivity contribution is 0.479. The molecule has 0 bridgehead atoms. The van der Waals surface area contributed by atoms with Crippen LogP contribution in [-0.2, 0) is 10.1 Å². The standard InChI is InChI=1S/C17H22N2O3S/c1-9(2)14-12(7-18)15(10(3)4)17(23(20,21)22)16(11(5)6)13(14)8-19/h9-11H,1-6H3,(H,20,21,22). The highest BCUT2D eigenvalue weighted by Crippen LogP contribution is 2.41. The summed E-state index contributed by atoms with van der Waals surface area (Å²) in [5, 5.41) is 19.2. The van der Waals surface area contributed by atoms with Crippen LogP contribution in [0, 0.1) is 22.7 Å². The quantitative estimate of drug-likeness (QED) is 0.837. The van der Waals surface area contributed by atoms with Crippen molar-refractivity contribution < 1.29 is 13.0 Å². The van der Waals surface area contributed by atoms with Crippen molar-refractivity contribution in [3.05, 3.63) is 27.8 Å². The van der Waals surface area contributed by atoms with Gasteiger partial charge in [0, 0.05) is 0 Å². The Morgan fingerprint density at radius 1 is 0.783 bits per heavy atom. The van der Waals surface area contributed by atoms with Crippen LogP contribution in [0.2, 0.25) is 0 Å². The molecule has 0 saturated heterocycles. The summed E-state index contributed by atoms with van der Waals surface area (Å²) in [6.07, 6.45) is 0. The fourth-order valence-electron chi connectivity index (χ4n) is 2.99. The molecular weight excluding hydrogens is 312 g/mol. The summed E-state index contributed by atoms with van der Waals surface area (Å²) in [6.45, 7) is 10.8. The van der Waals surface area contributed by atoms with Crippen molar-refractivity contribution in [2.75, 3.05) is 0 Å². The average Bonchev–Trinajstić information content (AvgIpc) is 2.41. The van der Waals surface area contributed by atoms with Gasteiger partial charge in [0.1, 0.15) is 4.90 Å². The zero-order valence-electron chi connectivity index (χ0n) is 14.3. The molecule has 0 amide bonds. The van der Waals surface area contributed by atoms with Crippen LogP contribution in [0.15, 0.2) is 4.90 Å². The Bertz CT molecular complexity index is 761. The average molecular weight is 334 g/mol. The molecule has 0 aliphatic carbocycles. The Kier molecular flexibility index (Phi) is 5.58. The minimum absolute atomic E-state index is 0.121. The van der Waals surface area contributed by atoms with Gasteiger partial charge < -0.3 is 0 Å². The van der Waals surface area contributed by atoms with Gasteiger partial charge in [0.05, 0.1) is 23.3 Å². The number of hydrogen-bond donors (Lipinski definition) is 1. The lowest BCUT2D eigenvalue weighted by Crippen LogP contribution is -2.17. The maximum absolute atomic E-state index is 12.0. The zero-order chi connectivity index (χ0) is 18.1. The van der Waals surface area contributed by atoms with Crippen LogP contribution < -0.4 is 0 Å². The molecule has 0 fully saturated rings. The van der Waals surface area contributed by atoms with Gasteiger partial charge in [-0.3, -0.25) is 4.55 Å². The van der Waals surface area contributed by atoms with E-state index in [1.54, 1.807) is 27.7 Å². The van der Waals surface area contributed by atoms with E-state index in [0.29, 0.717) is 16.7 Å². The van der Waals surface area contributed by atoms with E-state index in [-0.39, 0.29) is 33.8 Å². The second-order valence-electron chi connectivity index (χ2n) is 6.48. The largest absolute Gasteiger partial charge is 0.295 e. The Balaban J connectivity index is 4.38. The predicted molar refractivity (Wildman–Crippen MR) is 88.0 cm³/mol. The van der Waals surface area contributed by atoms with Crippen molar-refractivity contribution in [2.24, 2.45) is 0 Å². The molecule has 0 saturated carbocycles. The molecular formula is C17H22N2O3S. The molecule has 1 aromatic rings. The van der Waals surface area contributed by atoms with Gasteiger partial charge in [0.15, 0.2) is 0 Å². The van der Waals surface area contributed by atoms with Crippen LogP contribution in [0.5, 0.6) is 0 Å². The SMILES string of the molecule is CC(C)c1c(C#N)c(C(C)C)c(S(=O)(=O)O)c(C(C)C)c1C#N. The molecule has 0 heterocycles. The van der Waals surface area contributed by atoms with Crippen LogP contribution in [0.25, 0.3) is 0 Å². The molecule has 0 aromatic heterocycles. The van der Waals surface area contributed by atoms with Gasteiger partial charge in [-0.15, -0.1) is 0 Å². The van der Waals surface area contributed by atoms with Gasteiger partial charge in [0.2, 0.25) is 0 Å². The van der Waals surface area contributed by atoms with E-state index in [2.05, 4.69) is 12.1 Å². The molecule has 1 aromatic carbocycles. The van der Waals surface area contributed by atoms with Crippen molar-refractivity contribution >= 4 is 10.1 Å². The van der Waals surface area contributed by atoms with Crippen molar-refractivity contribution in [1.82, 2.24) is 0 Å². The van der Waals surface area contributed by atoms with Gasteiger partial charge in [-0.25, -0.2) is 0 Å². The van der Waals surface area contributed by atoms with Crippen LogP contribution >= 0.6 is 0 Å². The summed E-state index contributed by atoms with van der Waals surface area (Å²) in [6, 6.07) is 4.11. The highest BCUT2D eigenvalue weighted by Gasteiger charge is 2.33.